The molecular formula is C12H10F4N2OS. The molecule has 0 bridgehead atoms. The van der Waals surface area contributed by atoms with Crippen LogP contribution in [-0.2, 0) is 6.18 Å². The fourth-order valence-electron chi connectivity index (χ4n) is 1.45. The standard InChI is InChI=1S/C12H10F4N2OS/c1-2-3-19-10-8(4-7(13)5-17-10)9-6-20-11(18-9)12(14,15)16/h4-6H,2-3H2,1H3. The van der Waals surface area contributed by atoms with E-state index in [4.69, 9.17) is 4.74 Å². The van der Waals surface area contributed by atoms with E-state index < -0.39 is 17.0 Å². The predicted octanol–water partition coefficient (Wildman–Crippen LogP) is 4.15. The summed E-state index contributed by atoms with van der Waals surface area (Å²) < 4.78 is 56.1. The largest absolute Gasteiger partial charge is 0.477 e. The van der Waals surface area contributed by atoms with E-state index in [0.29, 0.717) is 24.4 Å². The van der Waals surface area contributed by atoms with Gasteiger partial charge in [-0.15, -0.1) is 11.3 Å². The molecule has 0 atom stereocenters. The molecule has 2 heterocycles. The van der Waals surface area contributed by atoms with E-state index in [0.717, 1.165) is 12.3 Å². The summed E-state index contributed by atoms with van der Waals surface area (Å²) in [4.78, 5) is 7.22. The molecule has 20 heavy (non-hydrogen) atoms. The molecule has 8 heteroatoms. The Morgan fingerprint density at radius 1 is 1.35 bits per heavy atom. The lowest BCUT2D eigenvalue weighted by molar-refractivity contribution is -0.137. The minimum Gasteiger partial charge on any atom is -0.477 e. The molecule has 108 valence electrons. The Morgan fingerprint density at radius 2 is 2.10 bits per heavy atom. The smallest absolute Gasteiger partial charge is 0.443 e. The second kappa shape index (κ2) is 5.74. The van der Waals surface area contributed by atoms with Gasteiger partial charge in [0.15, 0.2) is 5.01 Å². The maximum atomic E-state index is 13.2. The first-order chi connectivity index (χ1) is 9.41. The first-order valence-electron chi connectivity index (χ1n) is 5.73. The zero-order chi connectivity index (χ0) is 14.8. The van der Waals surface area contributed by atoms with E-state index in [2.05, 4.69) is 9.97 Å². The van der Waals surface area contributed by atoms with Gasteiger partial charge in [0.1, 0.15) is 5.82 Å². The lowest BCUT2D eigenvalue weighted by atomic mass is 10.2. The summed E-state index contributed by atoms with van der Waals surface area (Å²) >= 11 is 0.448. The predicted molar refractivity (Wildman–Crippen MR) is 66.1 cm³/mol. The second-order valence-corrected chi connectivity index (χ2v) is 4.75. The van der Waals surface area contributed by atoms with E-state index in [1.165, 1.54) is 5.38 Å². The molecule has 2 aromatic rings. The Labute approximate surface area is 116 Å². The number of halogens is 4. The minimum absolute atomic E-state index is 0.000396. The highest BCUT2D eigenvalue weighted by atomic mass is 32.1. The molecule has 0 spiro atoms. The molecule has 0 N–H and O–H groups in total. The van der Waals surface area contributed by atoms with Crippen LogP contribution in [0, 0.1) is 5.82 Å². The summed E-state index contributed by atoms with van der Waals surface area (Å²) in [6.07, 6.45) is -2.87. The first kappa shape index (κ1) is 14.7. The van der Waals surface area contributed by atoms with E-state index in [-0.39, 0.29) is 17.1 Å². The molecular weight excluding hydrogens is 296 g/mol. The molecule has 0 aliphatic rings. The number of pyridine rings is 1. The van der Waals surface area contributed by atoms with Crippen LogP contribution in [-0.4, -0.2) is 16.6 Å². The van der Waals surface area contributed by atoms with Gasteiger partial charge >= 0.3 is 6.18 Å². The quantitative estimate of drug-likeness (QED) is 0.796. The third-order valence-electron chi connectivity index (χ3n) is 2.28. The van der Waals surface area contributed by atoms with Gasteiger partial charge in [0.05, 0.1) is 24.1 Å². The zero-order valence-corrected chi connectivity index (χ0v) is 11.2. The normalized spacial score (nSPS) is 11.7. The molecule has 0 radical (unpaired) electrons. The van der Waals surface area contributed by atoms with Crippen LogP contribution >= 0.6 is 11.3 Å². The minimum atomic E-state index is -4.52. The van der Waals surface area contributed by atoms with E-state index in [1.807, 2.05) is 6.92 Å². The highest BCUT2D eigenvalue weighted by Gasteiger charge is 2.35. The molecule has 0 aliphatic carbocycles. The van der Waals surface area contributed by atoms with Crippen LogP contribution < -0.4 is 4.74 Å². The number of hydrogen-bond donors (Lipinski definition) is 0. The molecule has 0 amide bonds. The fraction of sp³-hybridized carbons (Fsp3) is 0.333. The number of thiazole rings is 1. The number of ether oxygens (including phenoxy) is 1. The first-order valence-corrected chi connectivity index (χ1v) is 6.61. The van der Waals surface area contributed by atoms with Crippen molar-refractivity contribution in [1.29, 1.82) is 0 Å². The monoisotopic (exact) mass is 306 g/mol. The molecule has 0 saturated heterocycles. The van der Waals surface area contributed by atoms with Gasteiger partial charge in [-0.25, -0.2) is 14.4 Å². The summed E-state index contributed by atoms with van der Waals surface area (Å²) in [5.41, 5.74) is 0.116. The molecule has 2 aromatic heterocycles. The van der Waals surface area contributed by atoms with Crippen molar-refractivity contribution in [2.24, 2.45) is 0 Å². The SMILES string of the molecule is CCCOc1ncc(F)cc1-c1csc(C(F)(F)F)n1. The Balaban J connectivity index is 2.40. The Morgan fingerprint density at radius 3 is 2.70 bits per heavy atom. The number of alkyl halides is 3. The highest BCUT2D eigenvalue weighted by molar-refractivity contribution is 7.10. The van der Waals surface area contributed by atoms with Gasteiger partial charge in [0.25, 0.3) is 0 Å². The van der Waals surface area contributed by atoms with Crippen molar-refractivity contribution in [1.82, 2.24) is 9.97 Å². The summed E-state index contributed by atoms with van der Waals surface area (Å²) in [6, 6.07) is 1.06. The van der Waals surface area contributed by atoms with Crippen molar-refractivity contribution >= 4 is 11.3 Å². The molecule has 2 rings (SSSR count). The average molecular weight is 306 g/mol. The van der Waals surface area contributed by atoms with Crippen molar-refractivity contribution in [3.8, 4) is 17.1 Å². The van der Waals surface area contributed by atoms with Crippen molar-refractivity contribution < 1.29 is 22.3 Å². The van der Waals surface area contributed by atoms with Gasteiger partial charge in [-0.2, -0.15) is 13.2 Å². The highest BCUT2D eigenvalue weighted by Crippen LogP contribution is 2.36. The fourth-order valence-corrected chi connectivity index (χ4v) is 2.14. The lowest BCUT2D eigenvalue weighted by Gasteiger charge is -2.08. The van der Waals surface area contributed by atoms with Gasteiger partial charge in [-0.05, 0) is 12.5 Å². The Bertz CT molecular complexity index is 597. The third kappa shape index (κ3) is 3.24. The number of rotatable bonds is 4. The second-order valence-electron chi connectivity index (χ2n) is 3.89. The van der Waals surface area contributed by atoms with E-state index in [1.54, 1.807) is 0 Å². The third-order valence-corrected chi connectivity index (χ3v) is 3.17. The molecule has 0 fully saturated rings. The number of aromatic nitrogens is 2. The van der Waals surface area contributed by atoms with Gasteiger partial charge in [0, 0.05) is 5.38 Å². The molecule has 0 saturated carbocycles. The van der Waals surface area contributed by atoms with E-state index >= 15 is 0 Å². The van der Waals surface area contributed by atoms with Crippen LogP contribution in [0.1, 0.15) is 18.4 Å². The van der Waals surface area contributed by atoms with Gasteiger partial charge in [-0.1, -0.05) is 6.92 Å². The van der Waals surface area contributed by atoms with Crippen LogP contribution in [0.2, 0.25) is 0 Å². The van der Waals surface area contributed by atoms with Crippen LogP contribution in [0.5, 0.6) is 5.88 Å². The number of nitrogens with zero attached hydrogens (tertiary/aromatic N) is 2. The van der Waals surface area contributed by atoms with E-state index in [9.17, 15) is 17.6 Å². The van der Waals surface area contributed by atoms with Crippen molar-refractivity contribution in [2.75, 3.05) is 6.61 Å². The van der Waals surface area contributed by atoms with Gasteiger partial charge in [0.2, 0.25) is 5.88 Å². The zero-order valence-electron chi connectivity index (χ0n) is 10.4. The van der Waals surface area contributed by atoms with Crippen molar-refractivity contribution in [3.63, 3.8) is 0 Å². The Hall–Kier alpha value is -1.70. The summed E-state index contributed by atoms with van der Waals surface area (Å²) in [5.74, 6) is -0.585. The molecule has 3 nitrogen and oxygen atoms in total. The molecule has 0 unspecified atom stereocenters. The van der Waals surface area contributed by atoms with Gasteiger partial charge in [-0.3, -0.25) is 0 Å². The van der Waals surface area contributed by atoms with Gasteiger partial charge < -0.3 is 4.74 Å². The average Bonchev–Trinajstić information content (AvgIpc) is 2.86. The van der Waals surface area contributed by atoms with Crippen LogP contribution in [0.15, 0.2) is 17.6 Å². The number of hydrogen-bond acceptors (Lipinski definition) is 4. The van der Waals surface area contributed by atoms with Crippen LogP contribution in [0.3, 0.4) is 0 Å². The van der Waals surface area contributed by atoms with Crippen molar-refractivity contribution in [2.45, 2.75) is 19.5 Å². The summed E-state index contributed by atoms with van der Waals surface area (Å²) in [5, 5.41) is 0.219. The topological polar surface area (TPSA) is 35.0 Å². The van der Waals surface area contributed by atoms with Crippen LogP contribution in [0.25, 0.3) is 11.3 Å². The molecule has 0 aliphatic heterocycles. The Kier molecular flexibility index (Phi) is 4.22. The van der Waals surface area contributed by atoms with Crippen molar-refractivity contribution in [3.05, 3.63) is 28.5 Å². The van der Waals surface area contributed by atoms with Crippen LogP contribution in [0.4, 0.5) is 17.6 Å². The molecule has 0 aromatic carbocycles. The summed E-state index contributed by atoms with van der Waals surface area (Å²) in [6.45, 7) is 2.20. The maximum absolute atomic E-state index is 13.2. The maximum Gasteiger partial charge on any atom is 0.443 e. The lowest BCUT2D eigenvalue weighted by Crippen LogP contribution is -2.04. The summed E-state index contributed by atoms with van der Waals surface area (Å²) in [7, 11) is 0.